The smallest absolute Gasteiger partial charge is 0.231 e. The molecule has 0 saturated carbocycles. The van der Waals surface area contributed by atoms with E-state index in [2.05, 4.69) is 37.8 Å². The van der Waals surface area contributed by atoms with Crippen LogP contribution in [0.3, 0.4) is 0 Å². The van der Waals surface area contributed by atoms with Gasteiger partial charge in [0.15, 0.2) is 11.5 Å². The maximum Gasteiger partial charge on any atom is 0.231 e. The Bertz CT molecular complexity index is 597. The van der Waals surface area contributed by atoms with Gasteiger partial charge >= 0.3 is 0 Å². The van der Waals surface area contributed by atoms with E-state index < -0.39 is 0 Å². The monoisotopic (exact) mass is 238 g/mol. The van der Waals surface area contributed by atoms with Crippen molar-refractivity contribution in [2.75, 3.05) is 6.79 Å². The van der Waals surface area contributed by atoms with Crippen LogP contribution < -0.4 is 9.47 Å². The van der Waals surface area contributed by atoms with Crippen LogP contribution in [0, 0.1) is 6.92 Å². The summed E-state index contributed by atoms with van der Waals surface area (Å²) in [5.41, 5.74) is 4.59. The summed E-state index contributed by atoms with van der Waals surface area (Å²) >= 11 is 0. The van der Waals surface area contributed by atoms with Gasteiger partial charge in [-0.3, -0.25) is 0 Å². The molecule has 0 bridgehead atoms. The molecule has 0 unspecified atom stereocenters. The predicted molar refractivity (Wildman–Crippen MR) is 72.8 cm³/mol. The molecule has 0 aliphatic carbocycles. The molecule has 1 aliphatic rings. The first-order valence-corrected chi connectivity index (χ1v) is 5.91. The Morgan fingerprint density at radius 1 is 1.06 bits per heavy atom. The van der Waals surface area contributed by atoms with Crippen LogP contribution in [0.15, 0.2) is 43.0 Å². The Labute approximate surface area is 106 Å². The molecule has 90 valence electrons. The van der Waals surface area contributed by atoms with Gasteiger partial charge in [-0.2, -0.15) is 0 Å². The lowest BCUT2D eigenvalue weighted by atomic mass is 9.98. The highest BCUT2D eigenvalue weighted by molar-refractivity contribution is 5.78. The molecule has 3 rings (SSSR count). The third kappa shape index (κ3) is 1.76. The van der Waals surface area contributed by atoms with Gasteiger partial charge in [0.05, 0.1) is 0 Å². The largest absolute Gasteiger partial charge is 0.454 e. The van der Waals surface area contributed by atoms with Crippen LogP contribution in [0.4, 0.5) is 0 Å². The van der Waals surface area contributed by atoms with Gasteiger partial charge in [0.25, 0.3) is 0 Å². The molecular weight excluding hydrogens is 224 g/mol. The summed E-state index contributed by atoms with van der Waals surface area (Å²) in [6.45, 7) is 6.24. The maximum atomic E-state index is 5.43. The number of hydrogen-bond donors (Lipinski definition) is 0. The highest BCUT2D eigenvalue weighted by Gasteiger charge is 2.16. The lowest BCUT2D eigenvalue weighted by molar-refractivity contribution is 0.174. The average Bonchev–Trinajstić information content (AvgIpc) is 2.85. The van der Waals surface area contributed by atoms with Crippen LogP contribution in [0.2, 0.25) is 0 Å². The summed E-state index contributed by atoms with van der Waals surface area (Å²) in [4.78, 5) is 0. The van der Waals surface area contributed by atoms with Gasteiger partial charge in [0.2, 0.25) is 6.79 Å². The highest BCUT2D eigenvalue weighted by atomic mass is 16.7. The van der Waals surface area contributed by atoms with Crippen LogP contribution in [0.1, 0.15) is 11.1 Å². The topological polar surface area (TPSA) is 18.5 Å². The molecule has 2 heteroatoms. The van der Waals surface area contributed by atoms with Crippen molar-refractivity contribution < 1.29 is 9.47 Å². The summed E-state index contributed by atoms with van der Waals surface area (Å²) < 4.78 is 10.8. The first-order chi connectivity index (χ1) is 8.78. The van der Waals surface area contributed by atoms with Crippen LogP contribution >= 0.6 is 0 Å². The van der Waals surface area contributed by atoms with Crippen LogP contribution in [0.25, 0.3) is 17.2 Å². The van der Waals surface area contributed by atoms with Crippen LogP contribution in [-0.4, -0.2) is 6.79 Å². The third-order valence-corrected chi connectivity index (χ3v) is 3.13. The molecule has 0 aromatic heterocycles. The molecule has 2 aromatic carbocycles. The molecular formula is C16H14O2. The number of hydrogen-bond acceptors (Lipinski definition) is 2. The zero-order valence-corrected chi connectivity index (χ0v) is 10.3. The summed E-state index contributed by atoms with van der Waals surface area (Å²) in [6.07, 6.45) is 1.84. The van der Waals surface area contributed by atoms with Crippen molar-refractivity contribution in [2.45, 2.75) is 6.92 Å². The van der Waals surface area contributed by atoms with E-state index in [4.69, 9.17) is 9.47 Å². The van der Waals surface area contributed by atoms with E-state index in [1.165, 1.54) is 5.56 Å². The Hall–Kier alpha value is -2.22. The predicted octanol–water partition coefficient (Wildman–Crippen LogP) is 4.03. The zero-order valence-electron chi connectivity index (χ0n) is 10.3. The molecule has 0 fully saturated rings. The molecule has 0 amide bonds. The van der Waals surface area contributed by atoms with E-state index in [9.17, 15) is 0 Å². The van der Waals surface area contributed by atoms with Gasteiger partial charge in [-0.15, -0.1) is 0 Å². The molecule has 1 heterocycles. The lowest BCUT2D eigenvalue weighted by Gasteiger charge is -2.08. The van der Waals surface area contributed by atoms with E-state index in [0.29, 0.717) is 6.79 Å². The van der Waals surface area contributed by atoms with Gasteiger partial charge in [-0.05, 0) is 35.7 Å². The third-order valence-electron chi connectivity index (χ3n) is 3.13. The number of rotatable bonds is 2. The minimum atomic E-state index is 0.295. The molecule has 1 aliphatic heterocycles. The summed E-state index contributed by atoms with van der Waals surface area (Å²) in [5, 5.41) is 0. The molecule has 2 aromatic rings. The molecule has 0 atom stereocenters. The second kappa shape index (κ2) is 4.22. The molecule has 0 spiro atoms. The Morgan fingerprint density at radius 3 is 2.39 bits per heavy atom. The summed E-state index contributed by atoms with van der Waals surface area (Å²) in [7, 11) is 0. The van der Waals surface area contributed by atoms with E-state index in [1.807, 2.05) is 18.2 Å². The number of fused-ring (bicyclic) bond motifs is 1. The minimum absolute atomic E-state index is 0.295. The lowest BCUT2D eigenvalue weighted by Crippen LogP contribution is -1.92. The van der Waals surface area contributed by atoms with Crippen LogP contribution in [-0.2, 0) is 0 Å². The quantitative estimate of drug-likeness (QED) is 0.786. The minimum Gasteiger partial charge on any atom is -0.454 e. The number of ether oxygens (including phenoxy) is 2. The molecule has 2 nitrogen and oxygen atoms in total. The van der Waals surface area contributed by atoms with Crippen molar-refractivity contribution in [3.05, 3.63) is 54.1 Å². The van der Waals surface area contributed by atoms with Crippen LogP contribution in [0.5, 0.6) is 11.5 Å². The SMILES string of the molecule is C=Cc1cc2c(cc1-c1ccc(C)cc1)OCO2. The van der Waals surface area contributed by atoms with Crippen molar-refractivity contribution in [1.82, 2.24) is 0 Å². The number of aryl methyl sites for hydroxylation is 1. The van der Waals surface area contributed by atoms with E-state index in [-0.39, 0.29) is 0 Å². The molecule has 0 N–H and O–H groups in total. The van der Waals surface area contributed by atoms with E-state index in [0.717, 1.165) is 28.2 Å². The fraction of sp³-hybridized carbons (Fsp3) is 0.125. The van der Waals surface area contributed by atoms with Crippen molar-refractivity contribution in [1.29, 1.82) is 0 Å². The Kier molecular flexibility index (Phi) is 2.56. The van der Waals surface area contributed by atoms with Crippen molar-refractivity contribution in [3.8, 4) is 22.6 Å². The fourth-order valence-corrected chi connectivity index (χ4v) is 2.11. The highest BCUT2D eigenvalue weighted by Crippen LogP contribution is 2.39. The molecule has 0 radical (unpaired) electrons. The Balaban J connectivity index is 2.16. The van der Waals surface area contributed by atoms with Gasteiger partial charge in [0.1, 0.15) is 0 Å². The maximum absolute atomic E-state index is 5.43. The van der Waals surface area contributed by atoms with Gasteiger partial charge in [-0.1, -0.05) is 42.5 Å². The van der Waals surface area contributed by atoms with Gasteiger partial charge < -0.3 is 9.47 Å². The van der Waals surface area contributed by atoms with Crippen molar-refractivity contribution in [3.63, 3.8) is 0 Å². The normalized spacial score (nSPS) is 12.5. The first-order valence-electron chi connectivity index (χ1n) is 5.91. The molecule has 0 saturated heterocycles. The first kappa shape index (κ1) is 10.9. The van der Waals surface area contributed by atoms with Gasteiger partial charge in [0, 0.05) is 0 Å². The summed E-state index contributed by atoms with van der Waals surface area (Å²) in [5.74, 6) is 1.59. The second-order valence-corrected chi connectivity index (χ2v) is 4.36. The van der Waals surface area contributed by atoms with Gasteiger partial charge in [-0.25, -0.2) is 0 Å². The van der Waals surface area contributed by atoms with Crippen molar-refractivity contribution in [2.24, 2.45) is 0 Å². The fourth-order valence-electron chi connectivity index (χ4n) is 2.11. The van der Waals surface area contributed by atoms with E-state index in [1.54, 1.807) is 0 Å². The Morgan fingerprint density at radius 2 is 1.72 bits per heavy atom. The zero-order chi connectivity index (χ0) is 12.5. The average molecular weight is 238 g/mol. The second-order valence-electron chi connectivity index (χ2n) is 4.36. The van der Waals surface area contributed by atoms with E-state index >= 15 is 0 Å². The summed E-state index contributed by atoms with van der Waals surface area (Å²) in [6, 6.07) is 12.4. The standard InChI is InChI=1S/C16H14O2/c1-3-12-8-15-16(18-10-17-15)9-14(12)13-6-4-11(2)5-7-13/h3-9H,1,10H2,2H3. The number of benzene rings is 2. The molecule has 18 heavy (non-hydrogen) atoms. The van der Waals surface area contributed by atoms with Crippen molar-refractivity contribution >= 4 is 6.08 Å².